The number of piperidine rings is 1. The Morgan fingerprint density at radius 1 is 1.45 bits per heavy atom. The second-order valence-electron chi connectivity index (χ2n) is 5.04. The summed E-state index contributed by atoms with van der Waals surface area (Å²) >= 11 is 3.28. The smallest absolute Gasteiger partial charge is 0.335 e. The fourth-order valence-electron chi connectivity index (χ4n) is 2.36. The molecule has 1 aromatic rings. The predicted molar refractivity (Wildman–Crippen MR) is 79.9 cm³/mol. The second kappa shape index (κ2) is 6.37. The first-order valence-corrected chi connectivity index (χ1v) is 7.35. The maximum Gasteiger partial charge on any atom is 0.335 e. The Labute approximate surface area is 125 Å². The molecule has 108 valence electrons. The highest BCUT2D eigenvalue weighted by atomic mass is 79.9. The molecule has 0 spiro atoms. The van der Waals surface area contributed by atoms with Gasteiger partial charge in [-0.05, 0) is 59.4 Å². The lowest BCUT2D eigenvalue weighted by molar-refractivity contribution is -0.119. The van der Waals surface area contributed by atoms with Crippen molar-refractivity contribution in [3.8, 4) is 0 Å². The maximum atomic E-state index is 12.2. The third-order valence-electron chi connectivity index (χ3n) is 3.53. The van der Waals surface area contributed by atoms with E-state index in [-0.39, 0.29) is 17.5 Å². The minimum atomic E-state index is -0.994. The van der Waals surface area contributed by atoms with Crippen molar-refractivity contribution in [3.05, 3.63) is 28.2 Å². The third kappa shape index (κ3) is 3.37. The van der Waals surface area contributed by atoms with Crippen molar-refractivity contribution in [2.75, 3.05) is 11.9 Å². The Morgan fingerprint density at radius 2 is 2.20 bits per heavy atom. The van der Waals surface area contributed by atoms with Crippen molar-refractivity contribution in [1.82, 2.24) is 5.32 Å². The fraction of sp³-hybridized carbons (Fsp3) is 0.429. The van der Waals surface area contributed by atoms with Crippen molar-refractivity contribution >= 4 is 33.5 Å². The van der Waals surface area contributed by atoms with Crippen molar-refractivity contribution in [3.63, 3.8) is 0 Å². The summed E-state index contributed by atoms with van der Waals surface area (Å²) in [5, 5.41) is 15.0. The van der Waals surface area contributed by atoms with Crippen LogP contribution >= 0.6 is 15.9 Å². The van der Waals surface area contributed by atoms with Crippen LogP contribution in [0.3, 0.4) is 0 Å². The molecular formula is C14H17BrN2O3. The van der Waals surface area contributed by atoms with E-state index in [1.807, 2.05) is 0 Å². The van der Waals surface area contributed by atoms with E-state index in [0.29, 0.717) is 16.1 Å². The Morgan fingerprint density at radius 3 is 2.80 bits per heavy atom. The molecule has 2 rings (SSSR count). The number of aromatic carboxylic acids is 1. The zero-order valence-corrected chi connectivity index (χ0v) is 12.7. The number of benzene rings is 1. The van der Waals surface area contributed by atoms with E-state index in [1.165, 1.54) is 12.1 Å². The van der Waals surface area contributed by atoms with Crippen LogP contribution < -0.4 is 10.6 Å². The van der Waals surface area contributed by atoms with E-state index >= 15 is 0 Å². The summed E-state index contributed by atoms with van der Waals surface area (Å²) in [6.45, 7) is 2.90. The topological polar surface area (TPSA) is 78.4 Å². The van der Waals surface area contributed by atoms with Crippen molar-refractivity contribution in [2.45, 2.75) is 25.8 Å². The van der Waals surface area contributed by atoms with Crippen LogP contribution in [0.1, 0.15) is 30.1 Å². The van der Waals surface area contributed by atoms with Crippen LogP contribution in [0.4, 0.5) is 5.69 Å². The molecule has 5 nitrogen and oxygen atoms in total. The van der Waals surface area contributed by atoms with Gasteiger partial charge in [-0.3, -0.25) is 4.79 Å². The summed E-state index contributed by atoms with van der Waals surface area (Å²) in [4.78, 5) is 23.1. The molecule has 2 atom stereocenters. The van der Waals surface area contributed by atoms with Gasteiger partial charge in [0.15, 0.2) is 0 Å². The van der Waals surface area contributed by atoms with Gasteiger partial charge in [0, 0.05) is 4.47 Å². The van der Waals surface area contributed by atoms with Gasteiger partial charge in [-0.25, -0.2) is 4.79 Å². The fourth-order valence-corrected chi connectivity index (χ4v) is 2.84. The summed E-state index contributed by atoms with van der Waals surface area (Å²) < 4.78 is 0.564. The summed E-state index contributed by atoms with van der Waals surface area (Å²) in [5.41, 5.74) is 0.763. The van der Waals surface area contributed by atoms with Crippen LogP contribution in [0.15, 0.2) is 22.7 Å². The summed E-state index contributed by atoms with van der Waals surface area (Å²) in [6, 6.07) is 4.35. The van der Waals surface area contributed by atoms with Gasteiger partial charge >= 0.3 is 5.97 Å². The standard InChI is InChI=1S/C14H17BrN2O3/c1-8-3-2-6-16-12(8)13(18)17-11-5-4-9(14(19)20)7-10(11)15/h4-5,7-8,12,16H,2-3,6H2,1H3,(H,17,18)(H,19,20). The van der Waals surface area contributed by atoms with Crippen LogP contribution in [0.5, 0.6) is 0 Å². The number of anilines is 1. The van der Waals surface area contributed by atoms with Gasteiger partial charge in [0.2, 0.25) is 5.91 Å². The second-order valence-corrected chi connectivity index (χ2v) is 5.89. The first kappa shape index (κ1) is 15.0. The molecule has 0 radical (unpaired) electrons. The molecular weight excluding hydrogens is 324 g/mol. The van der Waals surface area contributed by atoms with Crippen molar-refractivity contribution in [1.29, 1.82) is 0 Å². The molecule has 1 aromatic carbocycles. The zero-order valence-electron chi connectivity index (χ0n) is 11.1. The molecule has 0 saturated carbocycles. The normalized spacial score (nSPS) is 22.3. The van der Waals surface area contributed by atoms with Gasteiger partial charge in [-0.15, -0.1) is 0 Å². The van der Waals surface area contributed by atoms with E-state index in [4.69, 9.17) is 5.11 Å². The molecule has 3 N–H and O–H groups in total. The quantitative estimate of drug-likeness (QED) is 0.789. The Hall–Kier alpha value is -1.40. The monoisotopic (exact) mass is 340 g/mol. The number of carboxylic acid groups (broad SMARTS) is 1. The number of nitrogens with one attached hydrogen (secondary N) is 2. The summed E-state index contributed by atoms with van der Waals surface area (Å²) in [6.07, 6.45) is 2.12. The van der Waals surface area contributed by atoms with Crippen molar-refractivity contribution in [2.24, 2.45) is 5.92 Å². The number of hydrogen-bond acceptors (Lipinski definition) is 3. The first-order chi connectivity index (χ1) is 9.49. The van der Waals surface area contributed by atoms with Gasteiger partial charge in [-0.2, -0.15) is 0 Å². The molecule has 0 aromatic heterocycles. The predicted octanol–water partition coefficient (Wildman–Crippen LogP) is 2.47. The average molecular weight is 341 g/mol. The minimum Gasteiger partial charge on any atom is -0.478 e. The number of hydrogen-bond donors (Lipinski definition) is 3. The largest absolute Gasteiger partial charge is 0.478 e. The molecule has 1 fully saturated rings. The first-order valence-electron chi connectivity index (χ1n) is 6.56. The summed E-state index contributed by atoms with van der Waals surface area (Å²) in [5.74, 6) is -0.784. The van der Waals surface area contributed by atoms with Gasteiger partial charge in [0.05, 0.1) is 17.3 Å². The van der Waals surface area contributed by atoms with Crippen LogP contribution in [-0.2, 0) is 4.79 Å². The molecule has 1 heterocycles. The number of halogens is 1. The number of carbonyl (C=O) groups excluding carboxylic acids is 1. The van der Waals surface area contributed by atoms with E-state index in [1.54, 1.807) is 6.07 Å². The van der Waals surface area contributed by atoms with E-state index in [2.05, 4.69) is 33.5 Å². The Kier molecular flexibility index (Phi) is 4.77. The maximum absolute atomic E-state index is 12.2. The van der Waals surface area contributed by atoms with Gasteiger partial charge < -0.3 is 15.7 Å². The molecule has 20 heavy (non-hydrogen) atoms. The molecule has 1 saturated heterocycles. The zero-order chi connectivity index (χ0) is 14.7. The van der Waals surface area contributed by atoms with Gasteiger partial charge in [0.25, 0.3) is 0 Å². The summed E-state index contributed by atoms with van der Waals surface area (Å²) in [7, 11) is 0. The van der Waals surface area contributed by atoms with E-state index < -0.39 is 5.97 Å². The lowest BCUT2D eigenvalue weighted by Crippen LogP contribution is -2.48. The highest BCUT2D eigenvalue weighted by molar-refractivity contribution is 9.10. The number of rotatable bonds is 3. The SMILES string of the molecule is CC1CCCNC1C(=O)Nc1ccc(C(=O)O)cc1Br. The number of carboxylic acids is 1. The van der Waals surface area contributed by atoms with Gasteiger partial charge in [0.1, 0.15) is 0 Å². The van der Waals surface area contributed by atoms with Crippen LogP contribution in [-0.4, -0.2) is 29.6 Å². The van der Waals surface area contributed by atoms with Crippen LogP contribution in [0.25, 0.3) is 0 Å². The van der Waals surface area contributed by atoms with E-state index in [0.717, 1.165) is 19.4 Å². The molecule has 1 amide bonds. The number of amides is 1. The van der Waals surface area contributed by atoms with E-state index in [9.17, 15) is 9.59 Å². The molecule has 0 bridgehead atoms. The molecule has 2 unspecified atom stereocenters. The van der Waals surface area contributed by atoms with Crippen molar-refractivity contribution < 1.29 is 14.7 Å². The highest BCUT2D eigenvalue weighted by Crippen LogP contribution is 2.25. The molecule has 1 aliphatic rings. The highest BCUT2D eigenvalue weighted by Gasteiger charge is 2.27. The van der Waals surface area contributed by atoms with Gasteiger partial charge in [-0.1, -0.05) is 6.92 Å². The molecule has 0 aliphatic carbocycles. The number of carbonyl (C=O) groups is 2. The average Bonchev–Trinajstić information content (AvgIpc) is 2.41. The molecule has 6 heteroatoms. The van der Waals surface area contributed by atoms with Crippen LogP contribution in [0.2, 0.25) is 0 Å². The molecule has 1 aliphatic heterocycles. The van der Waals surface area contributed by atoms with Crippen LogP contribution in [0, 0.1) is 5.92 Å². The Balaban J connectivity index is 2.09. The Bertz CT molecular complexity index is 533. The lowest BCUT2D eigenvalue weighted by atomic mass is 9.92. The minimum absolute atomic E-state index is 0.0824. The third-order valence-corrected chi connectivity index (χ3v) is 4.18. The lowest BCUT2D eigenvalue weighted by Gasteiger charge is -2.29.